The van der Waals surface area contributed by atoms with Crippen molar-refractivity contribution in [3.8, 4) is 5.75 Å². The van der Waals surface area contributed by atoms with E-state index < -0.39 is 0 Å². The number of carbonyl (C=O) groups excluding carboxylic acids is 1. The van der Waals surface area contributed by atoms with Crippen LogP contribution in [0.15, 0.2) is 48.5 Å². The fourth-order valence-corrected chi connectivity index (χ4v) is 6.54. The topological polar surface area (TPSA) is 38.3 Å². The number of aryl methyl sites for hydroxylation is 1. The molecule has 0 aromatic heterocycles. The number of benzene rings is 2. The van der Waals surface area contributed by atoms with Crippen LogP contribution < -0.4 is 10.1 Å². The van der Waals surface area contributed by atoms with Gasteiger partial charge in [-0.1, -0.05) is 31.2 Å². The Morgan fingerprint density at radius 1 is 0.931 bits per heavy atom. The molecule has 3 heteroatoms. The zero-order valence-corrected chi connectivity index (χ0v) is 17.3. The Morgan fingerprint density at radius 2 is 1.52 bits per heavy atom. The number of hydrogen-bond donors (Lipinski definition) is 1. The molecule has 152 valence electrons. The van der Waals surface area contributed by atoms with Crippen LogP contribution in [-0.4, -0.2) is 12.5 Å². The van der Waals surface area contributed by atoms with Crippen molar-refractivity contribution in [3.05, 3.63) is 59.7 Å². The van der Waals surface area contributed by atoms with Crippen LogP contribution in [0, 0.1) is 17.8 Å². The van der Waals surface area contributed by atoms with Crippen LogP contribution in [0.1, 0.15) is 56.6 Å². The third-order valence-electron chi connectivity index (χ3n) is 7.52. The highest BCUT2D eigenvalue weighted by molar-refractivity contribution is 5.91. The second-order valence-corrected chi connectivity index (χ2v) is 9.61. The van der Waals surface area contributed by atoms with Crippen LogP contribution >= 0.6 is 0 Å². The lowest BCUT2D eigenvalue weighted by molar-refractivity contribution is -0.118. The Labute approximate surface area is 173 Å². The van der Waals surface area contributed by atoms with Crippen molar-refractivity contribution in [2.75, 3.05) is 11.9 Å². The minimum absolute atomic E-state index is 0.0300. The van der Waals surface area contributed by atoms with E-state index in [0.717, 1.165) is 35.6 Å². The Hall–Kier alpha value is -2.29. The number of amides is 1. The van der Waals surface area contributed by atoms with Crippen LogP contribution in [-0.2, 0) is 16.6 Å². The summed E-state index contributed by atoms with van der Waals surface area (Å²) in [5.41, 5.74) is 4.02. The average Bonchev–Trinajstić information content (AvgIpc) is 2.72. The lowest BCUT2D eigenvalue weighted by atomic mass is 9.48. The lowest BCUT2D eigenvalue weighted by Crippen LogP contribution is -2.48. The number of carbonyl (C=O) groups is 1. The van der Waals surface area contributed by atoms with Gasteiger partial charge in [0.15, 0.2) is 6.61 Å². The molecule has 4 aliphatic rings. The molecule has 4 fully saturated rings. The number of nitrogens with one attached hydrogen (secondary N) is 1. The normalized spacial score (nSPS) is 29.6. The number of hydrogen-bond acceptors (Lipinski definition) is 2. The standard InChI is InChI=1S/C26H31NO2/c1-2-18-3-9-24(10-4-18)29-17-25(28)27-23-7-5-22(6-8-23)26-14-19-11-20(15-26)13-21(12-19)16-26/h3-10,19-21H,2,11-17H2,1H3,(H,27,28). The van der Waals surface area contributed by atoms with Crippen LogP contribution in [0.5, 0.6) is 5.75 Å². The molecule has 29 heavy (non-hydrogen) atoms. The zero-order valence-electron chi connectivity index (χ0n) is 17.3. The van der Waals surface area contributed by atoms with Crippen LogP contribution in [0.25, 0.3) is 0 Å². The molecule has 2 aromatic rings. The molecule has 3 nitrogen and oxygen atoms in total. The Balaban J connectivity index is 1.19. The SMILES string of the molecule is CCc1ccc(OCC(=O)Nc2ccc(C34CC5CC(CC(C5)C3)C4)cc2)cc1. The first kappa shape index (κ1) is 18.7. The lowest BCUT2D eigenvalue weighted by Gasteiger charge is -2.57. The summed E-state index contributed by atoms with van der Waals surface area (Å²) >= 11 is 0. The first-order valence-electron chi connectivity index (χ1n) is 11.2. The van der Waals surface area contributed by atoms with Gasteiger partial charge in [-0.2, -0.15) is 0 Å². The van der Waals surface area contributed by atoms with Gasteiger partial charge < -0.3 is 10.1 Å². The molecule has 2 aromatic carbocycles. The predicted octanol–water partition coefficient (Wildman–Crippen LogP) is 5.73. The van der Waals surface area contributed by atoms with E-state index in [1.807, 2.05) is 24.3 Å². The molecule has 0 aliphatic heterocycles. The quantitative estimate of drug-likeness (QED) is 0.685. The second kappa shape index (κ2) is 7.51. The smallest absolute Gasteiger partial charge is 0.262 e. The van der Waals surface area contributed by atoms with E-state index in [2.05, 4.69) is 36.5 Å². The van der Waals surface area contributed by atoms with Gasteiger partial charge >= 0.3 is 0 Å². The summed E-state index contributed by atoms with van der Waals surface area (Å²) in [6.45, 7) is 2.15. The van der Waals surface area contributed by atoms with Gasteiger partial charge in [0.1, 0.15) is 5.75 Å². The predicted molar refractivity (Wildman–Crippen MR) is 116 cm³/mol. The van der Waals surface area contributed by atoms with Crippen molar-refractivity contribution < 1.29 is 9.53 Å². The summed E-state index contributed by atoms with van der Waals surface area (Å²) in [4.78, 5) is 12.3. The van der Waals surface area contributed by atoms with Gasteiger partial charge in [-0.25, -0.2) is 0 Å². The van der Waals surface area contributed by atoms with E-state index in [1.165, 1.54) is 49.7 Å². The number of rotatable bonds is 6. The van der Waals surface area contributed by atoms with Gasteiger partial charge in [0.25, 0.3) is 5.91 Å². The van der Waals surface area contributed by atoms with Crippen molar-refractivity contribution in [2.45, 2.75) is 57.3 Å². The molecule has 4 aliphatic carbocycles. The minimum Gasteiger partial charge on any atom is -0.484 e. The van der Waals surface area contributed by atoms with Gasteiger partial charge in [0.2, 0.25) is 0 Å². The molecule has 0 unspecified atom stereocenters. The van der Waals surface area contributed by atoms with Crippen molar-refractivity contribution in [2.24, 2.45) is 17.8 Å². The monoisotopic (exact) mass is 389 g/mol. The molecule has 0 saturated heterocycles. The Kier molecular flexibility index (Phi) is 4.85. The fourth-order valence-electron chi connectivity index (χ4n) is 6.54. The van der Waals surface area contributed by atoms with Gasteiger partial charge in [0.05, 0.1) is 0 Å². The average molecular weight is 390 g/mol. The van der Waals surface area contributed by atoms with Gasteiger partial charge in [-0.15, -0.1) is 0 Å². The van der Waals surface area contributed by atoms with Gasteiger partial charge in [-0.3, -0.25) is 4.79 Å². The first-order valence-corrected chi connectivity index (χ1v) is 11.2. The maximum Gasteiger partial charge on any atom is 0.262 e. The highest BCUT2D eigenvalue weighted by Crippen LogP contribution is 2.60. The summed E-state index contributed by atoms with van der Waals surface area (Å²) in [6.07, 6.45) is 9.51. The Morgan fingerprint density at radius 3 is 2.07 bits per heavy atom. The van der Waals surface area contributed by atoms with E-state index in [-0.39, 0.29) is 12.5 Å². The summed E-state index contributed by atoms with van der Waals surface area (Å²) in [5, 5.41) is 2.97. The molecule has 1 amide bonds. The van der Waals surface area contributed by atoms with Gasteiger partial charge in [-0.05, 0) is 104 Å². The molecule has 0 heterocycles. The molecular formula is C26H31NO2. The van der Waals surface area contributed by atoms with E-state index in [0.29, 0.717) is 5.41 Å². The summed E-state index contributed by atoms with van der Waals surface area (Å²) in [7, 11) is 0. The Bertz CT molecular complexity index is 833. The van der Waals surface area contributed by atoms with Crippen molar-refractivity contribution in [3.63, 3.8) is 0 Å². The zero-order chi connectivity index (χ0) is 19.8. The van der Waals surface area contributed by atoms with Crippen LogP contribution in [0.2, 0.25) is 0 Å². The van der Waals surface area contributed by atoms with Crippen molar-refractivity contribution in [1.29, 1.82) is 0 Å². The highest BCUT2D eigenvalue weighted by Gasteiger charge is 2.51. The largest absolute Gasteiger partial charge is 0.484 e. The molecule has 1 N–H and O–H groups in total. The molecule has 0 atom stereocenters. The second-order valence-electron chi connectivity index (χ2n) is 9.61. The summed E-state index contributed by atoms with van der Waals surface area (Å²) in [5.74, 6) is 3.46. The molecule has 0 spiro atoms. The molecular weight excluding hydrogens is 358 g/mol. The molecule has 4 saturated carbocycles. The van der Waals surface area contributed by atoms with Crippen LogP contribution in [0.4, 0.5) is 5.69 Å². The van der Waals surface area contributed by atoms with Crippen LogP contribution in [0.3, 0.4) is 0 Å². The number of ether oxygens (including phenoxy) is 1. The fraction of sp³-hybridized carbons (Fsp3) is 0.500. The van der Waals surface area contributed by atoms with Crippen molar-refractivity contribution in [1.82, 2.24) is 0 Å². The first-order chi connectivity index (χ1) is 14.1. The third-order valence-corrected chi connectivity index (χ3v) is 7.52. The summed E-state index contributed by atoms with van der Waals surface area (Å²) in [6, 6.07) is 16.6. The van der Waals surface area contributed by atoms with Gasteiger partial charge in [0, 0.05) is 5.69 Å². The molecule has 0 radical (unpaired) electrons. The maximum atomic E-state index is 12.3. The minimum atomic E-state index is -0.118. The number of anilines is 1. The van der Waals surface area contributed by atoms with E-state index in [9.17, 15) is 4.79 Å². The van der Waals surface area contributed by atoms with E-state index in [4.69, 9.17) is 4.74 Å². The molecule has 4 bridgehead atoms. The van der Waals surface area contributed by atoms with E-state index in [1.54, 1.807) is 0 Å². The molecule has 6 rings (SSSR count). The maximum absolute atomic E-state index is 12.3. The van der Waals surface area contributed by atoms with E-state index >= 15 is 0 Å². The van der Waals surface area contributed by atoms with Crippen molar-refractivity contribution >= 4 is 11.6 Å². The highest BCUT2D eigenvalue weighted by atomic mass is 16.5. The third kappa shape index (κ3) is 3.80. The summed E-state index contributed by atoms with van der Waals surface area (Å²) < 4.78 is 5.62.